The fourth-order valence-electron chi connectivity index (χ4n) is 6.72. The first kappa shape index (κ1) is 43.1. The molecule has 0 atom stereocenters. The maximum absolute atomic E-state index is 13.0. The zero-order chi connectivity index (χ0) is 42.2. The number of carbonyl (C=O) groups is 2. The number of ketones is 2. The van der Waals surface area contributed by atoms with Crippen molar-refractivity contribution in [2.75, 3.05) is 0 Å². The predicted octanol–water partition coefficient (Wildman–Crippen LogP) is 12.8. The molecule has 0 heterocycles. The van der Waals surface area contributed by atoms with Crippen LogP contribution >= 0.6 is 0 Å². The number of nitrogens with zero attached hydrogens (tertiary/aromatic N) is 4. The van der Waals surface area contributed by atoms with Crippen LogP contribution in [0.1, 0.15) is 43.0 Å². The summed E-state index contributed by atoms with van der Waals surface area (Å²) in [4.78, 5) is 26.1. The molecule has 4 N–H and O–H groups in total. The molecule has 0 bridgehead atoms. The second kappa shape index (κ2) is 19.5. The fraction of sp³-hybridized carbons (Fsp3) is 0.0800. The Morgan fingerprint density at radius 2 is 0.787 bits per heavy atom. The maximum Gasteiger partial charge on any atom is 0.171 e. The third-order valence-electron chi connectivity index (χ3n) is 10.1. The Morgan fingerprint density at radius 1 is 0.443 bits per heavy atom. The second-order valence-corrected chi connectivity index (χ2v) is 14.1. The van der Waals surface area contributed by atoms with E-state index in [0.29, 0.717) is 10.8 Å². The number of Topliss-reactive ketones (excluding diaryl/α,β-unsaturated/α-hetero) is 2. The molecule has 11 heteroatoms. The molecule has 0 aliphatic carbocycles. The number of para-hydroxylation sites is 2. The van der Waals surface area contributed by atoms with E-state index >= 15 is 0 Å². The molecular formula is C50H40FeN4O6. The van der Waals surface area contributed by atoms with Gasteiger partial charge in [-0.1, -0.05) is 121 Å². The predicted molar refractivity (Wildman–Crippen MR) is 234 cm³/mol. The molecule has 8 rings (SSSR count). The van der Waals surface area contributed by atoms with Gasteiger partial charge in [0.2, 0.25) is 0 Å². The van der Waals surface area contributed by atoms with Crippen LogP contribution in [0.3, 0.4) is 0 Å². The van der Waals surface area contributed by atoms with Gasteiger partial charge in [-0.15, -0.1) is 20.5 Å². The van der Waals surface area contributed by atoms with E-state index in [1.165, 1.54) is 12.1 Å². The first-order chi connectivity index (χ1) is 29.1. The number of aryl methyl sites for hydroxylation is 2. The number of rotatable bonds is 10. The maximum atomic E-state index is 13.0. The SMILES string of the molecule is Cc1ccccc1CC(=O)c1cc2ccccc2c(N=Nc2ccccc2O)c1O.Cc1ccccc1CC(=O)c1cc2ccccc2c(N=Nc2ccccc2O)c1O.[Fe]. The molecule has 0 saturated carbocycles. The summed E-state index contributed by atoms with van der Waals surface area (Å²) in [5, 5.41) is 61.1. The summed E-state index contributed by atoms with van der Waals surface area (Å²) in [6, 6.07) is 46.5. The summed E-state index contributed by atoms with van der Waals surface area (Å²) >= 11 is 0. The molecule has 0 aromatic heterocycles. The molecule has 0 saturated heterocycles. The molecule has 0 fully saturated rings. The minimum absolute atomic E-state index is 0. The van der Waals surface area contributed by atoms with Crippen LogP contribution in [-0.2, 0) is 29.9 Å². The fourth-order valence-corrected chi connectivity index (χ4v) is 6.72. The van der Waals surface area contributed by atoms with Crippen LogP contribution < -0.4 is 0 Å². The van der Waals surface area contributed by atoms with E-state index in [2.05, 4.69) is 20.5 Å². The first-order valence-corrected chi connectivity index (χ1v) is 19.1. The van der Waals surface area contributed by atoms with E-state index < -0.39 is 0 Å². The average Bonchev–Trinajstić information content (AvgIpc) is 3.25. The van der Waals surface area contributed by atoms with Crippen LogP contribution in [-0.4, -0.2) is 32.0 Å². The Labute approximate surface area is 362 Å². The summed E-state index contributed by atoms with van der Waals surface area (Å²) < 4.78 is 0. The van der Waals surface area contributed by atoms with Crippen LogP contribution in [0.2, 0.25) is 0 Å². The molecular weight excluding hydrogens is 808 g/mol. The second-order valence-electron chi connectivity index (χ2n) is 14.1. The zero-order valence-electron chi connectivity index (χ0n) is 33.2. The van der Waals surface area contributed by atoms with Gasteiger partial charge < -0.3 is 20.4 Å². The van der Waals surface area contributed by atoms with Crippen molar-refractivity contribution in [3.8, 4) is 23.0 Å². The van der Waals surface area contributed by atoms with Crippen LogP contribution in [0, 0.1) is 13.8 Å². The van der Waals surface area contributed by atoms with Crippen molar-refractivity contribution in [3.63, 3.8) is 0 Å². The van der Waals surface area contributed by atoms with Gasteiger partial charge in [0.15, 0.2) is 23.1 Å². The van der Waals surface area contributed by atoms with Gasteiger partial charge in [0.05, 0.1) is 11.1 Å². The first-order valence-electron chi connectivity index (χ1n) is 19.1. The van der Waals surface area contributed by atoms with Crippen LogP contribution in [0.15, 0.2) is 178 Å². The summed E-state index contributed by atoms with van der Waals surface area (Å²) in [6.07, 6.45) is 0.350. The monoisotopic (exact) mass is 848 g/mol. The quantitative estimate of drug-likeness (QED) is 0.0608. The van der Waals surface area contributed by atoms with Crippen molar-refractivity contribution in [2.45, 2.75) is 26.7 Å². The normalized spacial score (nSPS) is 11.0. The Morgan fingerprint density at radius 3 is 1.18 bits per heavy atom. The third-order valence-corrected chi connectivity index (χ3v) is 10.1. The molecule has 10 nitrogen and oxygen atoms in total. The van der Waals surface area contributed by atoms with E-state index in [1.807, 2.05) is 111 Å². The molecule has 0 radical (unpaired) electrons. The largest absolute Gasteiger partial charge is 0.506 e. The molecule has 0 aliphatic rings. The van der Waals surface area contributed by atoms with Crippen molar-refractivity contribution >= 4 is 55.9 Å². The topological polar surface area (TPSA) is 164 Å². The third kappa shape index (κ3) is 9.88. The van der Waals surface area contributed by atoms with Crippen molar-refractivity contribution in [3.05, 3.63) is 191 Å². The summed E-state index contributed by atoms with van der Waals surface area (Å²) in [5.41, 5.74) is 5.20. The van der Waals surface area contributed by atoms with Crippen LogP contribution in [0.4, 0.5) is 22.7 Å². The smallest absolute Gasteiger partial charge is 0.171 e. The van der Waals surface area contributed by atoms with Crippen LogP contribution in [0.25, 0.3) is 21.5 Å². The minimum Gasteiger partial charge on any atom is -0.506 e. The van der Waals surface area contributed by atoms with Gasteiger partial charge in [0.1, 0.15) is 34.2 Å². The van der Waals surface area contributed by atoms with E-state index in [-0.39, 0.29) is 98.4 Å². The van der Waals surface area contributed by atoms with Gasteiger partial charge in [-0.05, 0) is 83.3 Å². The number of fused-ring (bicyclic) bond motifs is 2. The van der Waals surface area contributed by atoms with E-state index in [4.69, 9.17) is 0 Å². The number of azo groups is 2. The number of carbonyl (C=O) groups excluding carboxylic acids is 2. The molecule has 0 amide bonds. The minimum atomic E-state index is -0.216. The number of hydrogen-bond acceptors (Lipinski definition) is 10. The van der Waals surface area contributed by atoms with Crippen molar-refractivity contribution in [2.24, 2.45) is 20.5 Å². The molecule has 0 unspecified atom stereocenters. The summed E-state index contributed by atoms with van der Waals surface area (Å²) in [7, 11) is 0. The Bertz CT molecular complexity index is 2760. The van der Waals surface area contributed by atoms with Gasteiger partial charge in [-0.3, -0.25) is 9.59 Å². The summed E-state index contributed by atoms with van der Waals surface area (Å²) in [6.45, 7) is 3.91. The number of hydrogen-bond donors (Lipinski definition) is 4. The van der Waals surface area contributed by atoms with Crippen LogP contribution in [0.5, 0.6) is 23.0 Å². The Hall–Kier alpha value is -7.46. The Kier molecular flexibility index (Phi) is 13.8. The number of benzene rings is 8. The Balaban J connectivity index is 0.000000201. The van der Waals surface area contributed by atoms with E-state index in [0.717, 1.165) is 33.0 Å². The molecule has 8 aromatic rings. The van der Waals surface area contributed by atoms with Crippen molar-refractivity contribution in [1.29, 1.82) is 0 Å². The number of phenolic OH excluding ortho intramolecular Hbond substituents is 4. The van der Waals surface area contributed by atoms with Crippen molar-refractivity contribution < 1.29 is 47.1 Å². The average molecular weight is 849 g/mol. The van der Waals surface area contributed by atoms with Gasteiger partial charge in [-0.2, -0.15) is 0 Å². The molecule has 304 valence electrons. The summed E-state index contributed by atoms with van der Waals surface area (Å²) in [5.74, 6) is -0.871. The molecule has 61 heavy (non-hydrogen) atoms. The van der Waals surface area contributed by atoms with Crippen molar-refractivity contribution in [1.82, 2.24) is 0 Å². The molecule has 8 aromatic carbocycles. The van der Waals surface area contributed by atoms with Gasteiger partial charge in [0, 0.05) is 40.7 Å². The van der Waals surface area contributed by atoms with E-state index in [9.17, 15) is 30.0 Å². The van der Waals surface area contributed by atoms with Gasteiger partial charge in [-0.25, -0.2) is 0 Å². The van der Waals surface area contributed by atoms with Gasteiger partial charge in [0.25, 0.3) is 0 Å². The van der Waals surface area contributed by atoms with Gasteiger partial charge >= 0.3 is 0 Å². The van der Waals surface area contributed by atoms with E-state index in [1.54, 1.807) is 48.5 Å². The molecule has 0 spiro atoms. The number of phenols is 4. The zero-order valence-corrected chi connectivity index (χ0v) is 34.3. The standard InChI is InChI=1S/2C25H20N2O3.Fe/c2*1-16-8-2-3-9-17(16)15-23(29)20-14-18-10-4-5-11-19(18)24(25(20)30)27-26-21-12-6-7-13-22(21)28;/h2*2-14,28,30H,15H2,1H3;. The molecule has 0 aliphatic heterocycles. The number of aromatic hydroxyl groups is 4.